The number of nitrogens with one attached hydrogen (secondary N) is 1. The number of nitrogens with zero attached hydrogens (tertiary/aromatic N) is 2. The average molecular weight is 309 g/mol. The van der Waals surface area contributed by atoms with Crippen molar-refractivity contribution in [1.82, 2.24) is 15.1 Å². The minimum absolute atomic E-state index is 0.0436. The molecule has 2 amide bonds. The normalized spacial score (nSPS) is 27.5. The molecule has 6 nitrogen and oxygen atoms in total. The van der Waals surface area contributed by atoms with Gasteiger partial charge in [0.25, 0.3) is 0 Å². The lowest BCUT2D eigenvalue weighted by molar-refractivity contribution is -0.130. The van der Waals surface area contributed by atoms with E-state index in [1.165, 1.54) is 12.8 Å². The second-order valence-electron chi connectivity index (χ2n) is 6.63. The largest absolute Gasteiger partial charge is 0.379 e. The molecule has 3 fully saturated rings. The second kappa shape index (κ2) is 7.42. The molecule has 3 aliphatic rings. The third kappa shape index (κ3) is 3.79. The Balaban J connectivity index is 1.39. The molecule has 1 saturated carbocycles. The van der Waals surface area contributed by atoms with E-state index in [-0.39, 0.29) is 17.7 Å². The van der Waals surface area contributed by atoms with Gasteiger partial charge < -0.3 is 15.0 Å². The maximum absolute atomic E-state index is 12.3. The maximum Gasteiger partial charge on any atom is 0.225 e. The average Bonchev–Trinajstić information content (AvgIpc) is 3.17. The third-order valence-electron chi connectivity index (χ3n) is 5.13. The zero-order valence-electron chi connectivity index (χ0n) is 13.3. The van der Waals surface area contributed by atoms with Gasteiger partial charge in [0.05, 0.1) is 19.1 Å². The van der Waals surface area contributed by atoms with Gasteiger partial charge in [-0.25, -0.2) is 0 Å². The van der Waals surface area contributed by atoms with Crippen molar-refractivity contribution in [3.63, 3.8) is 0 Å². The maximum atomic E-state index is 12.3. The van der Waals surface area contributed by atoms with Crippen molar-refractivity contribution in [3.05, 3.63) is 0 Å². The molecule has 0 aromatic heterocycles. The summed E-state index contributed by atoms with van der Waals surface area (Å²) in [5.41, 5.74) is 0. The topological polar surface area (TPSA) is 61.9 Å². The predicted octanol–water partition coefficient (Wildman–Crippen LogP) is 0.226. The molecule has 1 atom stereocenters. The zero-order valence-corrected chi connectivity index (χ0v) is 13.3. The Morgan fingerprint density at radius 2 is 1.95 bits per heavy atom. The number of carbonyl (C=O) groups is 2. The number of carbonyl (C=O) groups excluding carboxylic acids is 2. The first-order valence-corrected chi connectivity index (χ1v) is 8.61. The minimum Gasteiger partial charge on any atom is -0.379 e. The Kier molecular flexibility index (Phi) is 5.31. The number of hydrogen-bond donors (Lipinski definition) is 1. The highest BCUT2D eigenvalue weighted by Crippen LogP contribution is 2.29. The van der Waals surface area contributed by atoms with Crippen LogP contribution in [-0.4, -0.2) is 73.6 Å². The van der Waals surface area contributed by atoms with Gasteiger partial charge in [-0.2, -0.15) is 0 Å². The molecule has 0 spiro atoms. The van der Waals surface area contributed by atoms with E-state index in [0.29, 0.717) is 25.6 Å². The van der Waals surface area contributed by atoms with Gasteiger partial charge in [-0.3, -0.25) is 14.5 Å². The number of hydrogen-bond acceptors (Lipinski definition) is 4. The monoisotopic (exact) mass is 309 g/mol. The molecular weight excluding hydrogens is 282 g/mol. The molecule has 2 aliphatic heterocycles. The third-order valence-corrected chi connectivity index (χ3v) is 5.13. The van der Waals surface area contributed by atoms with Crippen LogP contribution in [0.4, 0.5) is 0 Å². The smallest absolute Gasteiger partial charge is 0.225 e. The highest BCUT2D eigenvalue weighted by molar-refractivity contribution is 5.89. The molecule has 0 aromatic carbocycles. The number of likely N-dealkylation sites (tertiary alicyclic amines) is 1. The molecule has 124 valence electrons. The number of morpholine rings is 1. The molecule has 2 saturated heterocycles. The van der Waals surface area contributed by atoms with Crippen molar-refractivity contribution in [3.8, 4) is 0 Å². The van der Waals surface area contributed by atoms with Gasteiger partial charge in [0, 0.05) is 45.2 Å². The van der Waals surface area contributed by atoms with Crippen molar-refractivity contribution in [2.75, 3.05) is 45.9 Å². The van der Waals surface area contributed by atoms with Crippen LogP contribution in [0.25, 0.3) is 0 Å². The quantitative estimate of drug-likeness (QED) is 0.789. The first kappa shape index (κ1) is 15.7. The number of ether oxygens (including phenoxy) is 1. The van der Waals surface area contributed by atoms with E-state index >= 15 is 0 Å². The van der Waals surface area contributed by atoms with Gasteiger partial charge in [-0.05, 0) is 12.8 Å². The van der Waals surface area contributed by atoms with Crippen LogP contribution in [0, 0.1) is 5.92 Å². The fraction of sp³-hybridized carbons (Fsp3) is 0.875. The van der Waals surface area contributed by atoms with E-state index in [1.54, 1.807) is 0 Å². The Bertz CT molecular complexity index is 403. The zero-order chi connectivity index (χ0) is 15.4. The molecule has 2 heterocycles. The summed E-state index contributed by atoms with van der Waals surface area (Å²) < 4.78 is 5.31. The number of rotatable bonds is 5. The van der Waals surface area contributed by atoms with E-state index in [2.05, 4.69) is 10.2 Å². The van der Waals surface area contributed by atoms with E-state index < -0.39 is 0 Å². The molecular formula is C16H27N3O3. The summed E-state index contributed by atoms with van der Waals surface area (Å²) >= 11 is 0. The lowest BCUT2D eigenvalue weighted by atomic mass is 10.1. The van der Waals surface area contributed by atoms with Crippen LogP contribution in [0.1, 0.15) is 32.1 Å². The number of amides is 2. The van der Waals surface area contributed by atoms with Crippen LogP contribution in [0.2, 0.25) is 0 Å². The Labute approximate surface area is 132 Å². The fourth-order valence-corrected chi connectivity index (χ4v) is 3.78. The van der Waals surface area contributed by atoms with Gasteiger partial charge in [0.15, 0.2) is 0 Å². The molecule has 0 bridgehead atoms. The predicted molar refractivity (Wildman–Crippen MR) is 82.3 cm³/mol. The molecule has 1 N–H and O–H groups in total. The van der Waals surface area contributed by atoms with E-state index in [9.17, 15) is 9.59 Å². The van der Waals surface area contributed by atoms with Gasteiger partial charge in [0.2, 0.25) is 11.8 Å². The summed E-state index contributed by atoms with van der Waals surface area (Å²) in [6.07, 6.45) is 5.03. The Hall–Kier alpha value is -1.14. The first-order chi connectivity index (χ1) is 10.7. The van der Waals surface area contributed by atoms with Crippen molar-refractivity contribution in [2.45, 2.75) is 38.1 Å². The summed E-state index contributed by atoms with van der Waals surface area (Å²) in [5.74, 6) is 0.0557. The van der Waals surface area contributed by atoms with E-state index in [1.807, 2.05) is 4.90 Å². The Morgan fingerprint density at radius 1 is 1.23 bits per heavy atom. The van der Waals surface area contributed by atoms with Crippen LogP contribution in [0.15, 0.2) is 0 Å². The molecule has 6 heteroatoms. The van der Waals surface area contributed by atoms with Crippen molar-refractivity contribution in [2.24, 2.45) is 5.92 Å². The lowest BCUT2D eigenvalue weighted by Crippen LogP contribution is -2.43. The van der Waals surface area contributed by atoms with Gasteiger partial charge in [-0.1, -0.05) is 12.8 Å². The molecule has 1 unspecified atom stereocenters. The summed E-state index contributed by atoms with van der Waals surface area (Å²) in [6.45, 7) is 5.57. The van der Waals surface area contributed by atoms with E-state index in [0.717, 1.165) is 45.7 Å². The second-order valence-corrected chi connectivity index (χ2v) is 6.63. The lowest BCUT2D eigenvalue weighted by Gasteiger charge is -2.26. The summed E-state index contributed by atoms with van der Waals surface area (Å²) in [4.78, 5) is 28.6. The van der Waals surface area contributed by atoms with Gasteiger partial charge in [-0.15, -0.1) is 0 Å². The summed E-state index contributed by atoms with van der Waals surface area (Å²) in [7, 11) is 0. The van der Waals surface area contributed by atoms with Gasteiger partial charge in [0.1, 0.15) is 0 Å². The first-order valence-electron chi connectivity index (χ1n) is 8.61. The van der Waals surface area contributed by atoms with Crippen LogP contribution in [0.3, 0.4) is 0 Å². The molecule has 0 radical (unpaired) electrons. The van der Waals surface area contributed by atoms with Crippen molar-refractivity contribution < 1.29 is 14.3 Å². The van der Waals surface area contributed by atoms with Crippen molar-refractivity contribution in [1.29, 1.82) is 0 Å². The van der Waals surface area contributed by atoms with E-state index in [4.69, 9.17) is 4.74 Å². The van der Waals surface area contributed by atoms with Crippen LogP contribution < -0.4 is 5.32 Å². The van der Waals surface area contributed by atoms with Crippen molar-refractivity contribution >= 4 is 11.8 Å². The van der Waals surface area contributed by atoms with Crippen LogP contribution in [-0.2, 0) is 14.3 Å². The molecule has 3 rings (SSSR count). The summed E-state index contributed by atoms with van der Waals surface area (Å²) in [5, 5.41) is 3.00. The standard InChI is InChI=1S/C16H27N3O3/c20-15-11-13(12-19(15)14-3-1-2-4-14)16(21)17-5-6-18-7-9-22-10-8-18/h13-14H,1-12H2,(H,17,21). The van der Waals surface area contributed by atoms with Crippen LogP contribution >= 0.6 is 0 Å². The molecule has 22 heavy (non-hydrogen) atoms. The molecule has 0 aromatic rings. The van der Waals surface area contributed by atoms with Crippen LogP contribution in [0.5, 0.6) is 0 Å². The summed E-state index contributed by atoms with van der Waals surface area (Å²) in [6, 6.07) is 0.388. The minimum atomic E-state index is -0.155. The Morgan fingerprint density at radius 3 is 2.68 bits per heavy atom. The highest BCUT2D eigenvalue weighted by Gasteiger charge is 2.38. The molecule has 1 aliphatic carbocycles. The van der Waals surface area contributed by atoms with Gasteiger partial charge >= 0.3 is 0 Å². The highest BCUT2D eigenvalue weighted by atomic mass is 16.5. The fourth-order valence-electron chi connectivity index (χ4n) is 3.78. The SMILES string of the molecule is O=C(NCCN1CCOCC1)C1CC(=O)N(C2CCCC2)C1.